The summed E-state index contributed by atoms with van der Waals surface area (Å²) in [5.41, 5.74) is 2.00. The van der Waals surface area contributed by atoms with E-state index in [0.29, 0.717) is 22.3 Å². The summed E-state index contributed by atoms with van der Waals surface area (Å²) in [5.74, 6) is -0.968. The molecule has 1 heterocycles. The highest BCUT2D eigenvalue weighted by Crippen LogP contribution is 2.31. The molecule has 1 N–H and O–H groups in total. The number of rotatable bonds is 10. The van der Waals surface area contributed by atoms with E-state index in [-0.39, 0.29) is 25.4 Å². The number of anilines is 1. The summed E-state index contributed by atoms with van der Waals surface area (Å²) < 4.78 is 26.2. The fourth-order valence-electron chi connectivity index (χ4n) is 3.90. The Kier molecular flexibility index (Phi) is 7.86. The van der Waals surface area contributed by atoms with Crippen molar-refractivity contribution >= 4 is 28.5 Å². The van der Waals surface area contributed by atoms with Crippen molar-refractivity contribution in [1.29, 1.82) is 0 Å². The number of hydrogen-bond acceptors (Lipinski definition) is 6. The summed E-state index contributed by atoms with van der Waals surface area (Å²) >= 11 is 0. The number of benzene rings is 3. The maximum Gasteiger partial charge on any atom is 0.249 e. The first kappa shape index (κ1) is 24.8. The molecule has 0 spiro atoms. The predicted octanol–water partition coefficient (Wildman–Crippen LogP) is 3.12. The van der Waals surface area contributed by atoms with Crippen LogP contribution in [0, 0.1) is 5.82 Å². The van der Waals surface area contributed by atoms with E-state index < -0.39 is 23.7 Å². The molecule has 0 radical (unpaired) electrons. The monoisotopic (exact) mass is 491 g/mol. The molecule has 4 rings (SSSR count). The molecule has 0 aliphatic rings. The van der Waals surface area contributed by atoms with Crippen LogP contribution in [0.25, 0.3) is 11.0 Å². The van der Waals surface area contributed by atoms with Crippen molar-refractivity contribution in [3.05, 3.63) is 84.2 Å². The van der Waals surface area contributed by atoms with Crippen LogP contribution >= 0.6 is 0 Å². The second-order valence-corrected chi connectivity index (χ2v) is 7.94. The number of halogens is 1. The van der Waals surface area contributed by atoms with Gasteiger partial charge >= 0.3 is 0 Å². The van der Waals surface area contributed by atoms with Gasteiger partial charge in [-0.1, -0.05) is 35.5 Å². The molecule has 0 bridgehead atoms. The molecule has 0 aliphatic carbocycles. The molecule has 3 aromatic carbocycles. The molecule has 1 unspecified atom stereocenters. The summed E-state index contributed by atoms with van der Waals surface area (Å²) in [6.45, 7) is 0.299. The molecule has 0 fully saturated rings. The lowest BCUT2D eigenvalue weighted by Crippen LogP contribution is -2.46. The number of aromatic nitrogens is 3. The highest BCUT2D eigenvalue weighted by Gasteiger charge is 2.33. The third kappa shape index (κ3) is 5.49. The van der Waals surface area contributed by atoms with Crippen molar-refractivity contribution < 1.29 is 23.5 Å². The first-order chi connectivity index (χ1) is 17.5. The van der Waals surface area contributed by atoms with Gasteiger partial charge in [0, 0.05) is 19.3 Å². The molecule has 186 valence electrons. The van der Waals surface area contributed by atoms with Crippen molar-refractivity contribution in [1.82, 2.24) is 20.3 Å². The topological polar surface area (TPSA) is 98.6 Å². The molecular formula is C26H26FN5O4. The SMILES string of the molecule is COCCNC(=O)C(c1cccc(OC)c1)N(C(=O)Cn1nnc2ccccc21)c1cccc(F)c1. The minimum Gasteiger partial charge on any atom is -0.497 e. The lowest BCUT2D eigenvalue weighted by molar-refractivity contribution is -0.127. The van der Waals surface area contributed by atoms with Crippen LogP contribution in [-0.4, -0.2) is 54.2 Å². The van der Waals surface area contributed by atoms with Gasteiger partial charge in [0.1, 0.15) is 29.7 Å². The normalized spacial score (nSPS) is 11.8. The van der Waals surface area contributed by atoms with Gasteiger partial charge in [-0.15, -0.1) is 5.10 Å². The van der Waals surface area contributed by atoms with Gasteiger partial charge in [-0.3, -0.25) is 14.5 Å². The van der Waals surface area contributed by atoms with Crippen molar-refractivity contribution in [2.24, 2.45) is 0 Å². The molecule has 4 aromatic rings. The Hall–Kier alpha value is -4.31. The molecule has 1 atom stereocenters. The Morgan fingerprint density at radius 3 is 2.64 bits per heavy atom. The summed E-state index contributed by atoms with van der Waals surface area (Å²) in [5, 5.41) is 11.0. The molecule has 36 heavy (non-hydrogen) atoms. The fraction of sp³-hybridized carbons (Fsp3) is 0.231. The summed E-state index contributed by atoms with van der Waals surface area (Å²) in [6.07, 6.45) is 0. The van der Waals surface area contributed by atoms with E-state index in [2.05, 4.69) is 15.6 Å². The van der Waals surface area contributed by atoms with Crippen LogP contribution in [0.5, 0.6) is 5.75 Å². The summed E-state index contributed by atoms with van der Waals surface area (Å²) in [6, 6.07) is 18.5. The smallest absolute Gasteiger partial charge is 0.249 e. The number of amides is 2. The number of para-hydroxylation sites is 1. The first-order valence-corrected chi connectivity index (χ1v) is 11.3. The molecule has 9 nitrogen and oxygen atoms in total. The number of nitrogens with zero attached hydrogens (tertiary/aromatic N) is 4. The van der Waals surface area contributed by atoms with Crippen LogP contribution in [0.3, 0.4) is 0 Å². The molecular weight excluding hydrogens is 465 g/mol. The summed E-state index contributed by atoms with van der Waals surface area (Å²) in [7, 11) is 3.04. The molecule has 2 amide bonds. The fourth-order valence-corrected chi connectivity index (χ4v) is 3.90. The van der Waals surface area contributed by atoms with Crippen LogP contribution in [0.15, 0.2) is 72.8 Å². The van der Waals surface area contributed by atoms with E-state index in [4.69, 9.17) is 9.47 Å². The van der Waals surface area contributed by atoms with E-state index in [1.165, 1.54) is 42.0 Å². The molecule has 0 aliphatic heterocycles. The predicted molar refractivity (Wildman–Crippen MR) is 132 cm³/mol. The molecule has 10 heteroatoms. The van der Waals surface area contributed by atoms with E-state index in [1.807, 2.05) is 12.1 Å². The Balaban J connectivity index is 1.79. The van der Waals surface area contributed by atoms with Gasteiger partial charge in [-0.05, 0) is 48.0 Å². The van der Waals surface area contributed by atoms with Crippen LogP contribution in [-0.2, 0) is 20.9 Å². The third-order valence-electron chi connectivity index (χ3n) is 5.58. The third-order valence-corrected chi connectivity index (χ3v) is 5.58. The number of nitrogens with one attached hydrogen (secondary N) is 1. The highest BCUT2D eigenvalue weighted by atomic mass is 19.1. The molecule has 0 saturated heterocycles. The highest BCUT2D eigenvalue weighted by molar-refractivity contribution is 6.01. The van der Waals surface area contributed by atoms with Crippen molar-refractivity contribution in [3.8, 4) is 5.75 Å². The Bertz CT molecular complexity index is 1360. The maximum atomic E-state index is 14.3. The van der Waals surface area contributed by atoms with Crippen molar-refractivity contribution in [3.63, 3.8) is 0 Å². The van der Waals surface area contributed by atoms with Crippen molar-refractivity contribution in [2.75, 3.05) is 32.3 Å². The quantitative estimate of drug-likeness (QED) is 0.342. The largest absolute Gasteiger partial charge is 0.497 e. The number of hydrogen-bond donors (Lipinski definition) is 1. The number of carbonyl (C=O) groups excluding carboxylic acids is 2. The number of fused-ring (bicyclic) bond motifs is 1. The van der Waals surface area contributed by atoms with Crippen LogP contribution in [0.4, 0.5) is 10.1 Å². The van der Waals surface area contributed by atoms with Gasteiger partial charge in [-0.25, -0.2) is 9.07 Å². The van der Waals surface area contributed by atoms with Gasteiger partial charge in [0.15, 0.2) is 0 Å². The minimum absolute atomic E-state index is 0.219. The molecule has 1 aromatic heterocycles. The second kappa shape index (κ2) is 11.4. The zero-order valence-corrected chi connectivity index (χ0v) is 19.9. The molecule has 0 saturated carbocycles. The van der Waals surface area contributed by atoms with Gasteiger partial charge in [0.25, 0.3) is 0 Å². The Morgan fingerprint density at radius 2 is 1.86 bits per heavy atom. The average molecular weight is 492 g/mol. The minimum atomic E-state index is -1.12. The average Bonchev–Trinajstić information content (AvgIpc) is 3.29. The van der Waals surface area contributed by atoms with Crippen molar-refractivity contribution in [2.45, 2.75) is 12.6 Å². The Labute approximate surface area is 207 Å². The zero-order chi connectivity index (χ0) is 25.5. The maximum absolute atomic E-state index is 14.3. The van der Waals surface area contributed by atoms with E-state index in [9.17, 15) is 14.0 Å². The second-order valence-electron chi connectivity index (χ2n) is 7.94. The number of ether oxygens (including phenoxy) is 2. The van der Waals surface area contributed by atoms with Gasteiger partial charge < -0.3 is 14.8 Å². The van der Waals surface area contributed by atoms with E-state index >= 15 is 0 Å². The number of methoxy groups -OCH3 is 2. The van der Waals surface area contributed by atoms with Gasteiger partial charge in [0.2, 0.25) is 11.8 Å². The standard InChI is InChI=1S/C26H26FN5O4/c1-35-14-13-28-26(34)25(18-7-5-10-21(15-18)36-2)32(20-9-6-8-19(27)16-20)24(33)17-31-23-12-4-3-11-22(23)29-30-31/h3-12,15-16,25H,13-14,17H2,1-2H3,(H,28,34). The Morgan fingerprint density at radius 1 is 1.06 bits per heavy atom. The number of carbonyl (C=O) groups is 2. The first-order valence-electron chi connectivity index (χ1n) is 11.3. The van der Waals surface area contributed by atoms with Crippen LogP contribution in [0.2, 0.25) is 0 Å². The lowest BCUT2D eigenvalue weighted by atomic mass is 10.0. The van der Waals surface area contributed by atoms with E-state index in [1.54, 1.807) is 42.5 Å². The van der Waals surface area contributed by atoms with Crippen LogP contribution in [0.1, 0.15) is 11.6 Å². The van der Waals surface area contributed by atoms with Crippen LogP contribution < -0.4 is 15.0 Å². The van der Waals surface area contributed by atoms with Gasteiger partial charge in [-0.2, -0.15) is 0 Å². The summed E-state index contributed by atoms with van der Waals surface area (Å²) in [4.78, 5) is 28.6. The zero-order valence-electron chi connectivity index (χ0n) is 19.9. The lowest BCUT2D eigenvalue weighted by Gasteiger charge is -2.31. The van der Waals surface area contributed by atoms with E-state index in [0.717, 1.165) is 0 Å². The van der Waals surface area contributed by atoms with Gasteiger partial charge in [0.05, 0.1) is 19.2 Å².